The minimum absolute atomic E-state index is 0.0650. The van der Waals surface area contributed by atoms with E-state index in [4.69, 9.17) is 4.74 Å². The number of benzene rings is 2. The SMILES string of the molecule is CCOc1ccccc1NC(=O)Cn1c(=O)ncc2cc(S(=O)(=O)N3CCCCC3C)ccc21. The highest BCUT2D eigenvalue weighted by molar-refractivity contribution is 7.89. The molecule has 1 amide bonds. The van der Waals surface area contributed by atoms with Crippen LogP contribution in [0.25, 0.3) is 10.9 Å². The van der Waals surface area contributed by atoms with Crippen LogP contribution in [0.15, 0.2) is 58.4 Å². The Morgan fingerprint density at radius 3 is 2.76 bits per heavy atom. The first-order chi connectivity index (χ1) is 16.3. The van der Waals surface area contributed by atoms with Crippen LogP contribution in [-0.2, 0) is 21.4 Å². The van der Waals surface area contributed by atoms with Gasteiger partial charge in [-0.1, -0.05) is 18.6 Å². The Hall–Kier alpha value is -3.24. The molecule has 10 heteroatoms. The number of para-hydroxylation sites is 2. The number of carbonyl (C=O) groups excluding carboxylic acids is 1. The van der Waals surface area contributed by atoms with Gasteiger partial charge in [-0.25, -0.2) is 18.2 Å². The van der Waals surface area contributed by atoms with Crippen molar-refractivity contribution in [2.24, 2.45) is 0 Å². The third-order valence-corrected chi connectivity index (χ3v) is 7.96. The van der Waals surface area contributed by atoms with Gasteiger partial charge in [0.1, 0.15) is 12.3 Å². The number of fused-ring (bicyclic) bond motifs is 1. The minimum atomic E-state index is -3.67. The van der Waals surface area contributed by atoms with Crippen LogP contribution in [0.3, 0.4) is 0 Å². The Labute approximate surface area is 198 Å². The molecule has 1 fully saturated rings. The molecule has 1 atom stereocenters. The fourth-order valence-corrected chi connectivity index (χ4v) is 5.98. The van der Waals surface area contributed by atoms with E-state index in [0.717, 1.165) is 19.3 Å². The summed E-state index contributed by atoms with van der Waals surface area (Å²) in [5.74, 6) is 0.103. The molecular formula is C24H28N4O5S. The van der Waals surface area contributed by atoms with Crippen molar-refractivity contribution in [2.75, 3.05) is 18.5 Å². The van der Waals surface area contributed by atoms with Crippen LogP contribution in [0.5, 0.6) is 5.75 Å². The van der Waals surface area contributed by atoms with E-state index in [9.17, 15) is 18.0 Å². The van der Waals surface area contributed by atoms with Gasteiger partial charge in [-0.3, -0.25) is 9.36 Å². The molecule has 0 radical (unpaired) electrons. The second-order valence-electron chi connectivity index (χ2n) is 8.29. The molecule has 1 aliphatic rings. The van der Waals surface area contributed by atoms with Gasteiger partial charge in [-0.05, 0) is 57.0 Å². The number of piperidine rings is 1. The lowest BCUT2D eigenvalue weighted by Crippen LogP contribution is -2.41. The van der Waals surface area contributed by atoms with Gasteiger partial charge in [0.05, 0.1) is 22.7 Å². The highest BCUT2D eigenvalue weighted by Crippen LogP contribution is 2.27. The van der Waals surface area contributed by atoms with E-state index >= 15 is 0 Å². The van der Waals surface area contributed by atoms with E-state index in [1.54, 1.807) is 30.3 Å². The molecule has 180 valence electrons. The number of amides is 1. The Balaban J connectivity index is 1.62. The number of ether oxygens (including phenoxy) is 1. The van der Waals surface area contributed by atoms with Crippen molar-refractivity contribution >= 4 is 32.5 Å². The monoisotopic (exact) mass is 484 g/mol. The molecule has 2 heterocycles. The number of anilines is 1. The fraction of sp³-hybridized carbons (Fsp3) is 0.375. The lowest BCUT2D eigenvalue weighted by atomic mass is 10.1. The first-order valence-corrected chi connectivity index (χ1v) is 12.8. The smallest absolute Gasteiger partial charge is 0.348 e. The van der Waals surface area contributed by atoms with Gasteiger partial charge in [0.15, 0.2) is 0 Å². The second kappa shape index (κ2) is 9.94. The van der Waals surface area contributed by atoms with Crippen molar-refractivity contribution in [3.8, 4) is 5.75 Å². The molecule has 1 aliphatic heterocycles. The molecule has 1 unspecified atom stereocenters. The number of nitrogens with one attached hydrogen (secondary N) is 1. The van der Waals surface area contributed by atoms with Crippen LogP contribution < -0.4 is 15.7 Å². The topological polar surface area (TPSA) is 111 Å². The third-order valence-electron chi connectivity index (χ3n) is 5.95. The lowest BCUT2D eigenvalue weighted by Gasteiger charge is -2.32. The maximum absolute atomic E-state index is 13.2. The summed E-state index contributed by atoms with van der Waals surface area (Å²) in [6.45, 7) is 4.42. The number of carbonyl (C=O) groups is 1. The summed E-state index contributed by atoms with van der Waals surface area (Å²) in [5, 5.41) is 3.23. The summed E-state index contributed by atoms with van der Waals surface area (Å²) in [7, 11) is -3.67. The highest BCUT2D eigenvalue weighted by Gasteiger charge is 2.31. The van der Waals surface area contributed by atoms with Crippen molar-refractivity contribution in [3.05, 3.63) is 59.1 Å². The number of rotatable bonds is 7. The predicted octanol–water partition coefficient (Wildman–Crippen LogP) is 3.00. The van der Waals surface area contributed by atoms with Gasteiger partial charge in [-0.2, -0.15) is 4.31 Å². The van der Waals surface area contributed by atoms with Gasteiger partial charge in [0, 0.05) is 24.2 Å². The number of nitrogens with zero attached hydrogens (tertiary/aromatic N) is 3. The summed E-state index contributed by atoms with van der Waals surface area (Å²) >= 11 is 0. The number of hydrogen-bond acceptors (Lipinski definition) is 6. The predicted molar refractivity (Wildman–Crippen MR) is 129 cm³/mol. The van der Waals surface area contributed by atoms with Gasteiger partial charge >= 0.3 is 5.69 Å². The van der Waals surface area contributed by atoms with Crippen LogP contribution in [0.1, 0.15) is 33.1 Å². The second-order valence-corrected chi connectivity index (χ2v) is 10.2. The largest absolute Gasteiger partial charge is 0.492 e. The van der Waals surface area contributed by atoms with E-state index in [2.05, 4.69) is 10.3 Å². The Kier molecular flexibility index (Phi) is 6.99. The van der Waals surface area contributed by atoms with Crippen molar-refractivity contribution < 1.29 is 17.9 Å². The molecule has 1 saturated heterocycles. The Bertz CT molecular complexity index is 1370. The molecule has 4 rings (SSSR count). The van der Waals surface area contributed by atoms with Crippen molar-refractivity contribution in [3.63, 3.8) is 0 Å². The van der Waals surface area contributed by atoms with Crippen LogP contribution in [0, 0.1) is 0 Å². The third kappa shape index (κ3) is 4.83. The molecule has 0 spiro atoms. The summed E-state index contributed by atoms with van der Waals surface area (Å²) < 4.78 is 34.7. The number of sulfonamides is 1. The summed E-state index contributed by atoms with van der Waals surface area (Å²) in [6, 6.07) is 11.5. The molecule has 1 N–H and O–H groups in total. The zero-order valence-corrected chi connectivity index (χ0v) is 20.0. The Morgan fingerprint density at radius 1 is 1.21 bits per heavy atom. The first-order valence-electron chi connectivity index (χ1n) is 11.3. The standard InChI is InChI=1S/C24H28N4O5S/c1-3-33-22-10-5-4-9-20(22)26-23(29)16-27-21-12-11-19(14-18(21)15-25-24(27)30)34(31,32)28-13-7-6-8-17(28)2/h4-5,9-12,14-15,17H,3,6-8,13,16H2,1-2H3,(H,26,29). The van der Waals surface area contributed by atoms with E-state index in [-0.39, 0.29) is 17.5 Å². The molecule has 9 nitrogen and oxygen atoms in total. The van der Waals surface area contributed by atoms with E-state index in [1.165, 1.54) is 27.2 Å². The quantitative estimate of drug-likeness (QED) is 0.552. The fourth-order valence-electron chi connectivity index (χ4n) is 4.24. The average Bonchev–Trinajstić information content (AvgIpc) is 2.82. The van der Waals surface area contributed by atoms with Crippen molar-refractivity contribution in [1.82, 2.24) is 13.9 Å². The molecule has 3 aromatic rings. The van der Waals surface area contributed by atoms with Crippen LogP contribution >= 0.6 is 0 Å². The van der Waals surface area contributed by atoms with Gasteiger partial charge in [0.2, 0.25) is 15.9 Å². The van der Waals surface area contributed by atoms with Crippen molar-refractivity contribution in [1.29, 1.82) is 0 Å². The number of aromatic nitrogens is 2. The lowest BCUT2D eigenvalue weighted by molar-refractivity contribution is -0.116. The molecular weight excluding hydrogens is 456 g/mol. The normalized spacial score (nSPS) is 16.9. The zero-order chi connectivity index (χ0) is 24.3. The minimum Gasteiger partial charge on any atom is -0.492 e. The van der Waals surface area contributed by atoms with Gasteiger partial charge < -0.3 is 10.1 Å². The van der Waals surface area contributed by atoms with Gasteiger partial charge in [0.25, 0.3) is 0 Å². The van der Waals surface area contributed by atoms with E-state index in [0.29, 0.717) is 35.5 Å². The first kappa shape index (κ1) is 23.9. The molecule has 0 bridgehead atoms. The molecule has 0 saturated carbocycles. The van der Waals surface area contributed by atoms with Gasteiger partial charge in [-0.15, -0.1) is 0 Å². The molecule has 1 aromatic heterocycles. The van der Waals surface area contributed by atoms with E-state index < -0.39 is 21.6 Å². The van der Waals surface area contributed by atoms with E-state index in [1.807, 2.05) is 13.8 Å². The summed E-state index contributed by atoms with van der Waals surface area (Å²) in [4.78, 5) is 29.2. The Morgan fingerprint density at radius 2 is 2.00 bits per heavy atom. The molecule has 0 aliphatic carbocycles. The highest BCUT2D eigenvalue weighted by atomic mass is 32.2. The number of hydrogen-bond donors (Lipinski definition) is 1. The summed E-state index contributed by atoms with van der Waals surface area (Å²) in [6.07, 6.45) is 4.02. The maximum atomic E-state index is 13.2. The van der Waals surface area contributed by atoms with Crippen LogP contribution in [0.4, 0.5) is 5.69 Å². The van der Waals surface area contributed by atoms with Crippen LogP contribution in [0.2, 0.25) is 0 Å². The average molecular weight is 485 g/mol. The zero-order valence-electron chi connectivity index (χ0n) is 19.2. The van der Waals surface area contributed by atoms with Crippen molar-refractivity contribution in [2.45, 2.75) is 50.6 Å². The molecule has 34 heavy (non-hydrogen) atoms. The maximum Gasteiger partial charge on any atom is 0.348 e. The summed E-state index contributed by atoms with van der Waals surface area (Å²) in [5.41, 5.74) is 0.333. The molecule has 2 aromatic carbocycles. The van der Waals surface area contributed by atoms with Crippen LogP contribution in [-0.4, -0.2) is 47.4 Å².